The number of aryl methyl sites for hydroxylation is 1. The highest BCUT2D eigenvalue weighted by Crippen LogP contribution is 2.29. The lowest BCUT2D eigenvalue weighted by Crippen LogP contribution is -2.17. The molecule has 0 atom stereocenters. The number of benzene rings is 2. The molecule has 3 aromatic rings. The summed E-state index contributed by atoms with van der Waals surface area (Å²) in [6, 6.07) is 12.0. The van der Waals surface area contributed by atoms with Gasteiger partial charge in [-0.15, -0.1) is 11.3 Å². The van der Waals surface area contributed by atoms with E-state index in [4.69, 9.17) is 0 Å². The molecule has 3 rings (SSSR count). The fourth-order valence-corrected chi connectivity index (χ4v) is 4.98. The summed E-state index contributed by atoms with van der Waals surface area (Å²) in [5.74, 6) is -0.739. The van der Waals surface area contributed by atoms with Crippen molar-refractivity contribution in [3.63, 3.8) is 0 Å². The number of methoxy groups -OCH3 is 1. The van der Waals surface area contributed by atoms with Gasteiger partial charge in [-0.25, -0.2) is 18.2 Å². The molecule has 0 unspecified atom stereocenters. The van der Waals surface area contributed by atoms with Crippen LogP contribution in [0.5, 0.6) is 0 Å². The van der Waals surface area contributed by atoms with Crippen molar-refractivity contribution in [3.8, 4) is 11.3 Å². The Morgan fingerprint density at radius 3 is 2.67 bits per heavy atom. The van der Waals surface area contributed by atoms with Gasteiger partial charge < -0.3 is 4.74 Å². The first-order chi connectivity index (χ1) is 12.8. The molecule has 1 heterocycles. The van der Waals surface area contributed by atoms with Crippen molar-refractivity contribution >= 4 is 48.4 Å². The third kappa shape index (κ3) is 4.20. The zero-order valence-electron chi connectivity index (χ0n) is 14.4. The average molecular weight is 467 g/mol. The Labute approximate surface area is 169 Å². The lowest BCUT2D eigenvalue weighted by molar-refractivity contribution is 0.0596. The van der Waals surface area contributed by atoms with Crippen molar-refractivity contribution < 1.29 is 17.9 Å². The maximum Gasteiger partial charge on any atom is 0.339 e. The van der Waals surface area contributed by atoms with Gasteiger partial charge in [-0.1, -0.05) is 40.2 Å². The van der Waals surface area contributed by atoms with E-state index in [1.54, 1.807) is 11.4 Å². The number of anilines is 1. The first-order valence-electron chi connectivity index (χ1n) is 7.74. The van der Waals surface area contributed by atoms with Gasteiger partial charge in [-0.2, -0.15) is 0 Å². The minimum atomic E-state index is -4.02. The third-order valence-electron chi connectivity index (χ3n) is 3.78. The quantitative estimate of drug-likeness (QED) is 0.560. The summed E-state index contributed by atoms with van der Waals surface area (Å²) >= 11 is 4.40. The molecule has 0 aliphatic carbocycles. The van der Waals surface area contributed by atoms with Crippen LogP contribution in [0.15, 0.2) is 57.2 Å². The normalized spacial score (nSPS) is 11.2. The minimum Gasteiger partial charge on any atom is -0.465 e. The second kappa shape index (κ2) is 7.79. The van der Waals surface area contributed by atoms with Gasteiger partial charge in [0.05, 0.1) is 18.4 Å². The molecule has 9 heteroatoms. The molecule has 1 N–H and O–H groups in total. The van der Waals surface area contributed by atoms with E-state index in [2.05, 4.69) is 30.4 Å². The first-order valence-corrected chi connectivity index (χ1v) is 10.9. The summed E-state index contributed by atoms with van der Waals surface area (Å²) in [7, 11) is -2.82. The average Bonchev–Trinajstić information content (AvgIpc) is 3.08. The molecule has 0 saturated carbocycles. The maximum atomic E-state index is 12.8. The predicted molar refractivity (Wildman–Crippen MR) is 109 cm³/mol. The number of carbonyl (C=O) groups excluding carboxylic acids is 1. The van der Waals surface area contributed by atoms with Crippen LogP contribution in [0.4, 0.5) is 5.13 Å². The largest absolute Gasteiger partial charge is 0.465 e. The number of aromatic nitrogens is 1. The van der Waals surface area contributed by atoms with Gasteiger partial charge >= 0.3 is 5.97 Å². The van der Waals surface area contributed by atoms with Crippen molar-refractivity contribution in [2.75, 3.05) is 11.8 Å². The smallest absolute Gasteiger partial charge is 0.339 e. The second-order valence-corrected chi connectivity index (χ2v) is 9.01. The molecule has 0 amide bonds. The Morgan fingerprint density at radius 2 is 1.96 bits per heavy atom. The molecule has 140 valence electrons. The molecule has 2 aromatic carbocycles. The molecule has 6 nitrogen and oxygen atoms in total. The maximum absolute atomic E-state index is 12.8. The van der Waals surface area contributed by atoms with E-state index in [0.717, 1.165) is 11.1 Å². The highest BCUT2D eigenvalue weighted by molar-refractivity contribution is 9.10. The number of hydrogen-bond acceptors (Lipinski definition) is 6. The van der Waals surface area contributed by atoms with Crippen molar-refractivity contribution in [3.05, 3.63) is 63.4 Å². The third-order valence-corrected chi connectivity index (χ3v) is 6.56. The molecule has 0 spiro atoms. The Kier molecular flexibility index (Phi) is 5.64. The molecule has 0 radical (unpaired) electrons. The van der Waals surface area contributed by atoms with E-state index in [9.17, 15) is 13.2 Å². The number of thiazole rings is 1. The van der Waals surface area contributed by atoms with Gasteiger partial charge in [-0.3, -0.25) is 4.72 Å². The zero-order valence-corrected chi connectivity index (χ0v) is 17.6. The van der Waals surface area contributed by atoms with Gasteiger partial charge in [0.25, 0.3) is 10.0 Å². The Hall–Kier alpha value is -2.23. The lowest BCUT2D eigenvalue weighted by Gasteiger charge is -2.10. The summed E-state index contributed by atoms with van der Waals surface area (Å²) < 4.78 is 33.3. The Balaban J connectivity index is 1.95. The molecule has 0 aliphatic heterocycles. The topological polar surface area (TPSA) is 85.4 Å². The van der Waals surface area contributed by atoms with Crippen molar-refractivity contribution in [1.29, 1.82) is 0 Å². The number of esters is 1. The van der Waals surface area contributed by atoms with E-state index >= 15 is 0 Å². The highest BCUT2D eigenvalue weighted by Gasteiger charge is 2.24. The molecule has 0 bridgehead atoms. The number of rotatable bonds is 5. The molecule has 1 aromatic heterocycles. The predicted octanol–water partition coefficient (Wildman–Crippen LogP) is 4.47. The van der Waals surface area contributed by atoms with Crippen LogP contribution in [-0.4, -0.2) is 26.5 Å². The van der Waals surface area contributed by atoms with Gasteiger partial charge in [0.2, 0.25) is 0 Å². The summed E-state index contributed by atoms with van der Waals surface area (Å²) in [6.45, 7) is 1.96. The van der Waals surface area contributed by atoms with Crippen LogP contribution in [-0.2, 0) is 14.8 Å². The minimum absolute atomic E-state index is 0.0601. The van der Waals surface area contributed by atoms with Gasteiger partial charge in [-0.05, 0) is 30.7 Å². The summed E-state index contributed by atoms with van der Waals surface area (Å²) in [5, 5.41) is 2.00. The van der Waals surface area contributed by atoms with E-state index < -0.39 is 16.0 Å². The van der Waals surface area contributed by atoms with Crippen molar-refractivity contribution in [2.24, 2.45) is 0 Å². The number of ether oxygens (including phenoxy) is 1. The summed E-state index contributed by atoms with van der Waals surface area (Å²) in [4.78, 5) is 16.2. The van der Waals surface area contributed by atoms with Gasteiger partial charge in [0.1, 0.15) is 4.90 Å². The number of nitrogens with one attached hydrogen (secondary N) is 1. The SMILES string of the molecule is COC(=O)c1cc(Br)ccc1S(=O)(=O)Nc1nc(-c2ccccc2C)cs1. The lowest BCUT2D eigenvalue weighted by atomic mass is 10.1. The molecule has 0 fully saturated rings. The van der Waals surface area contributed by atoms with Crippen LogP contribution in [0, 0.1) is 6.92 Å². The molecular weight excluding hydrogens is 452 g/mol. The van der Waals surface area contributed by atoms with Crippen LogP contribution < -0.4 is 4.72 Å². The molecule has 0 aliphatic rings. The van der Waals surface area contributed by atoms with Crippen LogP contribution in [0.25, 0.3) is 11.3 Å². The highest BCUT2D eigenvalue weighted by atomic mass is 79.9. The monoisotopic (exact) mass is 466 g/mol. The number of carbonyl (C=O) groups is 1. The summed E-state index contributed by atoms with van der Waals surface area (Å²) in [5.41, 5.74) is 2.59. The van der Waals surface area contributed by atoms with Crippen LogP contribution in [0.1, 0.15) is 15.9 Å². The van der Waals surface area contributed by atoms with Gasteiger partial charge in [0, 0.05) is 15.4 Å². The van der Waals surface area contributed by atoms with E-state index in [1.165, 1.54) is 30.6 Å². The molecular formula is C18H15BrN2O4S2. The fourth-order valence-electron chi connectivity index (χ4n) is 2.48. The number of sulfonamides is 1. The van der Waals surface area contributed by atoms with Crippen LogP contribution in [0.3, 0.4) is 0 Å². The van der Waals surface area contributed by atoms with Crippen LogP contribution in [0.2, 0.25) is 0 Å². The van der Waals surface area contributed by atoms with Crippen LogP contribution >= 0.6 is 27.3 Å². The molecule has 27 heavy (non-hydrogen) atoms. The Morgan fingerprint density at radius 1 is 1.22 bits per heavy atom. The van der Waals surface area contributed by atoms with Gasteiger partial charge in [0.15, 0.2) is 5.13 Å². The fraction of sp³-hybridized carbons (Fsp3) is 0.111. The van der Waals surface area contributed by atoms with E-state index in [-0.39, 0.29) is 15.6 Å². The number of nitrogens with zero attached hydrogens (tertiary/aromatic N) is 1. The first kappa shape index (κ1) is 19.5. The number of hydrogen-bond donors (Lipinski definition) is 1. The van der Waals surface area contributed by atoms with E-state index in [1.807, 2.05) is 31.2 Å². The van der Waals surface area contributed by atoms with E-state index in [0.29, 0.717) is 10.2 Å². The van der Waals surface area contributed by atoms with Crippen molar-refractivity contribution in [1.82, 2.24) is 4.98 Å². The second-order valence-electron chi connectivity index (χ2n) is 5.59. The Bertz CT molecular complexity index is 1110. The zero-order chi connectivity index (χ0) is 19.6. The van der Waals surface area contributed by atoms with Crippen molar-refractivity contribution in [2.45, 2.75) is 11.8 Å². The number of halogens is 1. The standard InChI is InChI=1S/C18H15BrN2O4S2/c1-11-5-3-4-6-13(11)15-10-26-18(20-15)21-27(23,24)16-8-7-12(19)9-14(16)17(22)25-2/h3-10H,1-2H3,(H,20,21). The molecule has 0 saturated heterocycles. The summed E-state index contributed by atoms with van der Waals surface area (Å²) in [6.07, 6.45) is 0.